The van der Waals surface area contributed by atoms with Crippen molar-refractivity contribution < 1.29 is 4.79 Å². The van der Waals surface area contributed by atoms with Crippen molar-refractivity contribution in [3.05, 3.63) is 0 Å². The Kier molecular flexibility index (Phi) is 5.09. The van der Waals surface area contributed by atoms with Gasteiger partial charge >= 0.3 is 0 Å². The normalized spacial score (nSPS) is 20.7. The fraction of sp³-hybridized carbons (Fsp3) is 0.917. The largest absolute Gasteiger partial charge is 0.341 e. The summed E-state index contributed by atoms with van der Waals surface area (Å²) in [4.78, 5) is 13.8. The molecule has 1 atom stereocenters. The standard InChI is InChI=1S/C12H24N2O/c1-3-11(13)12(15)14(2)10-8-6-4-5-7-9-10/h10-11H,3-9,13H2,1-2H3. The summed E-state index contributed by atoms with van der Waals surface area (Å²) in [6.45, 7) is 1.96. The predicted molar refractivity (Wildman–Crippen MR) is 62.5 cm³/mol. The molecule has 15 heavy (non-hydrogen) atoms. The second-order valence-electron chi connectivity index (χ2n) is 4.61. The molecule has 0 aromatic carbocycles. The minimum atomic E-state index is -0.307. The van der Waals surface area contributed by atoms with E-state index in [2.05, 4.69) is 0 Å². The van der Waals surface area contributed by atoms with E-state index in [0.717, 1.165) is 19.3 Å². The molecule has 3 nitrogen and oxygen atoms in total. The second-order valence-corrected chi connectivity index (χ2v) is 4.61. The maximum Gasteiger partial charge on any atom is 0.239 e. The van der Waals surface area contributed by atoms with Crippen LogP contribution in [-0.4, -0.2) is 29.9 Å². The Balaban J connectivity index is 2.49. The Morgan fingerprint density at radius 1 is 1.33 bits per heavy atom. The lowest BCUT2D eigenvalue weighted by Crippen LogP contribution is -2.46. The van der Waals surface area contributed by atoms with Gasteiger partial charge in [-0.15, -0.1) is 0 Å². The molecule has 88 valence electrons. The average molecular weight is 212 g/mol. The molecular formula is C12H24N2O. The molecule has 0 radical (unpaired) electrons. The quantitative estimate of drug-likeness (QED) is 0.726. The van der Waals surface area contributed by atoms with Crippen LogP contribution in [0.15, 0.2) is 0 Å². The fourth-order valence-corrected chi connectivity index (χ4v) is 2.26. The molecule has 1 saturated carbocycles. The summed E-state index contributed by atoms with van der Waals surface area (Å²) in [5.41, 5.74) is 5.77. The lowest BCUT2D eigenvalue weighted by Gasteiger charge is -2.29. The molecule has 0 bridgehead atoms. The van der Waals surface area contributed by atoms with E-state index in [1.807, 2.05) is 18.9 Å². The molecule has 0 spiro atoms. The lowest BCUT2D eigenvalue weighted by molar-refractivity contribution is -0.133. The van der Waals surface area contributed by atoms with E-state index >= 15 is 0 Å². The highest BCUT2D eigenvalue weighted by Gasteiger charge is 2.23. The summed E-state index contributed by atoms with van der Waals surface area (Å²) in [5.74, 6) is 0.115. The van der Waals surface area contributed by atoms with Gasteiger partial charge in [0.2, 0.25) is 5.91 Å². The van der Waals surface area contributed by atoms with Crippen molar-refractivity contribution in [1.82, 2.24) is 4.90 Å². The second kappa shape index (κ2) is 6.11. The topological polar surface area (TPSA) is 46.3 Å². The van der Waals surface area contributed by atoms with Crippen molar-refractivity contribution in [2.45, 2.75) is 64.0 Å². The Morgan fingerprint density at radius 2 is 1.87 bits per heavy atom. The van der Waals surface area contributed by atoms with Gasteiger partial charge in [0.05, 0.1) is 6.04 Å². The van der Waals surface area contributed by atoms with Gasteiger partial charge in [0, 0.05) is 13.1 Å². The molecule has 1 rings (SSSR count). The van der Waals surface area contributed by atoms with Crippen LogP contribution in [0.2, 0.25) is 0 Å². The molecule has 1 unspecified atom stereocenters. The van der Waals surface area contributed by atoms with Crippen LogP contribution in [0.1, 0.15) is 51.9 Å². The molecular weight excluding hydrogens is 188 g/mol. The van der Waals surface area contributed by atoms with Crippen LogP contribution in [0.25, 0.3) is 0 Å². The first-order valence-corrected chi connectivity index (χ1v) is 6.19. The summed E-state index contributed by atoms with van der Waals surface area (Å²) >= 11 is 0. The van der Waals surface area contributed by atoms with Crippen LogP contribution >= 0.6 is 0 Å². The summed E-state index contributed by atoms with van der Waals surface area (Å²) in [6, 6.07) is 0.121. The lowest BCUT2D eigenvalue weighted by atomic mass is 10.1. The van der Waals surface area contributed by atoms with Crippen LogP contribution in [-0.2, 0) is 4.79 Å². The van der Waals surface area contributed by atoms with Crippen LogP contribution < -0.4 is 5.73 Å². The van der Waals surface area contributed by atoms with Crippen molar-refractivity contribution >= 4 is 5.91 Å². The Bertz CT molecular complexity index is 198. The fourth-order valence-electron chi connectivity index (χ4n) is 2.26. The van der Waals surface area contributed by atoms with Gasteiger partial charge in [-0.05, 0) is 19.3 Å². The van der Waals surface area contributed by atoms with E-state index in [0.29, 0.717) is 6.04 Å². The minimum Gasteiger partial charge on any atom is -0.341 e. The number of hydrogen-bond acceptors (Lipinski definition) is 2. The number of carbonyl (C=O) groups excluding carboxylic acids is 1. The van der Waals surface area contributed by atoms with Crippen molar-refractivity contribution in [3.8, 4) is 0 Å². The van der Waals surface area contributed by atoms with Crippen molar-refractivity contribution in [2.75, 3.05) is 7.05 Å². The van der Waals surface area contributed by atoms with E-state index in [4.69, 9.17) is 5.73 Å². The number of rotatable bonds is 3. The molecule has 0 aromatic rings. The third-order valence-corrected chi connectivity index (χ3v) is 3.48. The predicted octanol–water partition coefficient (Wildman–Crippen LogP) is 1.90. The molecule has 0 saturated heterocycles. The molecule has 2 N–H and O–H groups in total. The Hall–Kier alpha value is -0.570. The monoisotopic (exact) mass is 212 g/mol. The summed E-state index contributed by atoms with van der Waals surface area (Å²) in [7, 11) is 1.91. The van der Waals surface area contributed by atoms with Gasteiger partial charge in [-0.2, -0.15) is 0 Å². The SMILES string of the molecule is CCC(N)C(=O)N(C)C1CCCCCC1. The Morgan fingerprint density at radius 3 is 2.33 bits per heavy atom. The van der Waals surface area contributed by atoms with Gasteiger partial charge in [0.1, 0.15) is 0 Å². The number of nitrogens with two attached hydrogens (primary N) is 1. The highest BCUT2D eigenvalue weighted by Crippen LogP contribution is 2.21. The molecule has 1 aliphatic carbocycles. The first kappa shape index (κ1) is 12.5. The Labute approximate surface area is 93.0 Å². The van der Waals surface area contributed by atoms with E-state index in [1.165, 1.54) is 25.7 Å². The van der Waals surface area contributed by atoms with Crippen molar-refractivity contribution in [1.29, 1.82) is 0 Å². The van der Waals surface area contributed by atoms with Gasteiger partial charge < -0.3 is 10.6 Å². The van der Waals surface area contributed by atoms with Gasteiger partial charge in [-0.3, -0.25) is 4.79 Å². The first-order chi connectivity index (χ1) is 7.16. The summed E-state index contributed by atoms with van der Waals surface area (Å²) < 4.78 is 0. The number of carbonyl (C=O) groups is 1. The van der Waals surface area contributed by atoms with Crippen molar-refractivity contribution in [2.24, 2.45) is 5.73 Å². The maximum absolute atomic E-state index is 11.9. The number of hydrogen-bond donors (Lipinski definition) is 1. The maximum atomic E-state index is 11.9. The average Bonchev–Trinajstić information content (AvgIpc) is 2.54. The van der Waals surface area contributed by atoms with Crippen LogP contribution in [0.4, 0.5) is 0 Å². The van der Waals surface area contributed by atoms with E-state index < -0.39 is 0 Å². The van der Waals surface area contributed by atoms with Crippen LogP contribution in [0, 0.1) is 0 Å². The highest BCUT2D eigenvalue weighted by atomic mass is 16.2. The highest BCUT2D eigenvalue weighted by molar-refractivity contribution is 5.81. The molecule has 0 heterocycles. The first-order valence-electron chi connectivity index (χ1n) is 6.19. The molecule has 1 aliphatic rings. The molecule has 1 amide bonds. The van der Waals surface area contributed by atoms with Gasteiger partial charge in [-0.25, -0.2) is 0 Å². The van der Waals surface area contributed by atoms with Gasteiger partial charge in [0.25, 0.3) is 0 Å². The van der Waals surface area contributed by atoms with E-state index in [-0.39, 0.29) is 11.9 Å². The summed E-state index contributed by atoms with van der Waals surface area (Å²) in [5, 5.41) is 0. The molecule has 0 aromatic heterocycles. The van der Waals surface area contributed by atoms with Crippen LogP contribution in [0.5, 0.6) is 0 Å². The van der Waals surface area contributed by atoms with E-state index in [9.17, 15) is 4.79 Å². The third kappa shape index (κ3) is 3.49. The smallest absolute Gasteiger partial charge is 0.239 e. The zero-order valence-corrected chi connectivity index (χ0v) is 10.0. The van der Waals surface area contributed by atoms with Crippen molar-refractivity contribution in [3.63, 3.8) is 0 Å². The third-order valence-electron chi connectivity index (χ3n) is 3.48. The summed E-state index contributed by atoms with van der Waals surface area (Å²) in [6.07, 6.45) is 8.18. The minimum absolute atomic E-state index is 0.115. The van der Waals surface area contributed by atoms with Gasteiger partial charge in [-0.1, -0.05) is 32.6 Å². The molecule has 1 fully saturated rings. The number of nitrogens with zero attached hydrogens (tertiary/aromatic N) is 1. The zero-order chi connectivity index (χ0) is 11.3. The van der Waals surface area contributed by atoms with Gasteiger partial charge in [0.15, 0.2) is 0 Å². The van der Waals surface area contributed by atoms with E-state index in [1.54, 1.807) is 0 Å². The number of amides is 1. The van der Waals surface area contributed by atoms with Crippen LogP contribution in [0.3, 0.4) is 0 Å². The zero-order valence-electron chi connectivity index (χ0n) is 10.0. The molecule has 0 aliphatic heterocycles. The molecule has 3 heteroatoms. The number of likely N-dealkylation sites (N-methyl/N-ethyl adjacent to an activating group) is 1.